The first-order valence-electron chi connectivity index (χ1n) is 9.97. The zero-order valence-electron chi connectivity index (χ0n) is 16.4. The molecule has 7 heteroatoms. The van der Waals surface area contributed by atoms with Crippen molar-refractivity contribution in [3.63, 3.8) is 0 Å². The Bertz CT molecular complexity index is 1190. The van der Waals surface area contributed by atoms with Crippen LogP contribution in [-0.4, -0.2) is 29.4 Å². The summed E-state index contributed by atoms with van der Waals surface area (Å²) in [6.45, 7) is 0.350. The van der Waals surface area contributed by atoms with Crippen molar-refractivity contribution in [1.29, 1.82) is 5.26 Å². The number of carbonyl (C=O) groups is 1. The maximum Gasteiger partial charge on any atom is 0.335 e. The second-order valence-corrected chi connectivity index (χ2v) is 7.76. The highest BCUT2D eigenvalue weighted by Crippen LogP contribution is 2.42. The van der Waals surface area contributed by atoms with E-state index in [1.54, 1.807) is 30.3 Å². The highest BCUT2D eigenvalue weighted by atomic mass is 19.1. The third-order valence-electron chi connectivity index (χ3n) is 5.97. The first kappa shape index (κ1) is 19.1. The minimum absolute atomic E-state index is 0.0184. The summed E-state index contributed by atoms with van der Waals surface area (Å²) in [4.78, 5) is 11.3. The van der Waals surface area contributed by atoms with Gasteiger partial charge in [0.15, 0.2) is 0 Å². The lowest BCUT2D eigenvalue weighted by Gasteiger charge is -2.35. The number of carboxylic acid groups (broad SMARTS) is 1. The molecule has 2 aromatic carbocycles. The van der Waals surface area contributed by atoms with Crippen LogP contribution in [0, 0.1) is 23.2 Å². The van der Waals surface area contributed by atoms with Crippen LogP contribution in [0.5, 0.6) is 5.75 Å². The molecule has 6 nitrogen and oxygen atoms in total. The van der Waals surface area contributed by atoms with Crippen molar-refractivity contribution in [2.45, 2.75) is 12.5 Å². The number of benzene rings is 2. The van der Waals surface area contributed by atoms with Crippen LogP contribution in [0.15, 0.2) is 71.6 Å². The van der Waals surface area contributed by atoms with Crippen LogP contribution >= 0.6 is 0 Å². The summed E-state index contributed by atoms with van der Waals surface area (Å²) >= 11 is 0. The summed E-state index contributed by atoms with van der Waals surface area (Å²) in [6, 6.07) is 14.0. The highest BCUT2D eigenvalue weighted by molar-refractivity contribution is 6.08. The van der Waals surface area contributed by atoms with E-state index in [-0.39, 0.29) is 29.3 Å². The van der Waals surface area contributed by atoms with E-state index in [2.05, 4.69) is 6.07 Å². The standard InChI is InChI=1S/C24H18FN3O3/c25-17-6-3-15(4-7-17)23-20-13-31-21-11-16(24(29)30)5-10-19(21)22(20)27-28(23)18-8-1-14(12-26)2-9-18/h1-3,5-11,15,20,23H,4,13H2,(H,29,30)/t15?,20-,23-/m1/s1. The van der Waals surface area contributed by atoms with Crippen LogP contribution in [0.25, 0.3) is 0 Å². The van der Waals surface area contributed by atoms with Gasteiger partial charge in [-0.3, -0.25) is 5.01 Å². The van der Waals surface area contributed by atoms with Crippen molar-refractivity contribution >= 4 is 17.4 Å². The van der Waals surface area contributed by atoms with Crippen molar-refractivity contribution in [3.8, 4) is 11.8 Å². The molecule has 0 amide bonds. The molecule has 2 aliphatic heterocycles. The number of aromatic carboxylic acids is 1. The summed E-state index contributed by atoms with van der Waals surface area (Å²) in [5.74, 6) is -0.805. The Morgan fingerprint density at radius 1 is 1.26 bits per heavy atom. The smallest absolute Gasteiger partial charge is 0.335 e. The monoisotopic (exact) mass is 415 g/mol. The zero-order chi connectivity index (χ0) is 21.5. The van der Waals surface area contributed by atoms with Crippen LogP contribution in [-0.2, 0) is 0 Å². The second kappa shape index (κ2) is 7.40. The number of allylic oxidation sites excluding steroid dienone is 3. The molecular formula is C24H18FN3O3. The van der Waals surface area contributed by atoms with E-state index in [0.717, 1.165) is 17.0 Å². The van der Waals surface area contributed by atoms with E-state index in [1.165, 1.54) is 12.1 Å². The molecule has 2 heterocycles. The Hall–Kier alpha value is -3.92. The number of ether oxygens (including phenoxy) is 1. The lowest BCUT2D eigenvalue weighted by atomic mass is 9.80. The van der Waals surface area contributed by atoms with Gasteiger partial charge in [0.05, 0.1) is 47.2 Å². The van der Waals surface area contributed by atoms with Gasteiger partial charge in [-0.05, 0) is 61.0 Å². The summed E-state index contributed by atoms with van der Waals surface area (Å²) in [5.41, 5.74) is 3.15. The van der Waals surface area contributed by atoms with Gasteiger partial charge in [0.1, 0.15) is 11.6 Å². The molecular weight excluding hydrogens is 397 g/mol. The number of halogens is 1. The number of hydrazone groups is 1. The topological polar surface area (TPSA) is 85.9 Å². The number of fused-ring (bicyclic) bond motifs is 3. The molecule has 1 aliphatic carbocycles. The molecule has 31 heavy (non-hydrogen) atoms. The SMILES string of the molecule is N#Cc1ccc(N2N=C3c4ccc(C(=O)O)cc4OC[C@H]3[C@H]2C2C=CC(F)=CC2)cc1. The fraction of sp³-hybridized carbons (Fsp3) is 0.208. The second-order valence-electron chi connectivity index (χ2n) is 7.76. The third kappa shape index (κ3) is 3.26. The average Bonchev–Trinajstić information content (AvgIpc) is 3.19. The molecule has 154 valence electrons. The largest absolute Gasteiger partial charge is 0.492 e. The number of rotatable bonds is 3. The molecule has 1 N–H and O–H groups in total. The van der Waals surface area contributed by atoms with Crippen molar-refractivity contribution in [2.75, 3.05) is 11.6 Å². The van der Waals surface area contributed by atoms with Gasteiger partial charge >= 0.3 is 5.97 Å². The van der Waals surface area contributed by atoms with Crippen LogP contribution in [0.2, 0.25) is 0 Å². The first-order valence-corrected chi connectivity index (χ1v) is 9.97. The van der Waals surface area contributed by atoms with Crippen molar-refractivity contribution < 1.29 is 19.0 Å². The van der Waals surface area contributed by atoms with Gasteiger partial charge < -0.3 is 9.84 Å². The van der Waals surface area contributed by atoms with Gasteiger partial charge in [0, 0.05) is 11.5 Å². The summed E-state index contributed by atoms with van der Waals surface area (Å²) in [7, 11) is 0. The molecule has 0 saturated heterocycles. The number of anilines is 1. The lowest BCUT2D eigenvalue weighted by Crippen LogP contribution is -2.43. The molecule has 3 atom stereocenters. The van der Waals surface area contributed by atoms with E-state index in [0.29, 0.717) is 24.3 Å². The van der Waals surface area contributed by atoms with Crippen LogP contribution in [0.1, 0.15) is 27.9 Å². The zero-order valence-corrected chi connectivity index (χ0v) is 16.4. The Balaban J connectivity index is 1.57. The lowest BCUT2D eigenvalue weighted by molar-refractivity contribution is 0.0696. The van der Waals surface area contributed by atoms with Crippen molar-refractivity contribution in [2.24, 2.45) is 16.9 Å². The Kier molecular flexibility index (Phi) is 4.55. The van der Waals surface area contributed by atoms with Gasteiger partial charge in [-0.15, -0.1) is 0 Å². The van der Waals surface area contributed by atoms with E-state index >= 15 is 0 Å². The van der Waals surface area contributed by atoms with Gasteiger partial charge in [-0.2, -0.15) is 10.4 Å². The highest BCUT2D eigenvalue weighted by Gasteiger charge is 2.45. The number of nitrogens with zero attached hydrogens (tertiary/aromatic N) is 3. The van der Waals surface area contributed by atoms with Gasteiger partial charge in [-0.1, -0.05) is 6.08 Å². The minimum atomic E-state index is -1.01. The van der Waals surface area contributed by atoms with E-state index < -0.39 is 5.97 Å². The maximum atomic E-state index is 13.6. The molecule has 1 unspecified atom stereocenters. The van der Waals surface area contributed by atoms with E-state index in [4.69, 9.17) is 15.1 Å². The number of nitriles is 1. The predicted molar refractivity (Wildman–Crippen MR) is 113 cm³/mol. The molecule has 2 aromatic rings. The van der Waals surface area contributed by atoms with Crippen LogP contribution < -0.4 is 9.75 Å². The molecule has 0 radical (unpaired) electrons. The number of hydrogen-bond acceptors (Lipinski definition) is 5. The molecule has 0 spiro atoms. The van der Waals surface area contributed by atoms with Gasteiger partial charge in [0.2, 0.25) is 0 Å². The quantitative estimate of drug-likeness (QED) is 0.808. The molecule has 5 rings (SSSR count). The Morgan fingerprint density at radius 2 is 2.06 bits per heavy atom. The molecule has 0 fully saturated rings. The predicted octanol–water partition coefficient (Wildman–Crippen LogP) is 4.29. The average molecular weight is 415 g/mol. The molecule has 0 bridgehead atoms. The van der Waals surface area contributed by atoms with E-state index in [1.807, 2.05) is 23.2 Å². The summed E-state index contributed by atoms with van der Waals surface area (Å²) in [5, 5.41) is 25.2. The van der Waals surface area contributed by atoms with Crippen LogP contribution in [0.3, 0.4) is 0 Å². The number of hydrogen-bond donors (Lipinski definition) is 1. The van der Waals surface area contributed by atoms with Crippen LogP contribution in [0.4, 0.5) is 10.1 Å². The third-order valence-corrected chi connectivity index (χ3v) is 5.97. The van der Waals surface area contributed by atoms with Gasteiger partial charge in [0.25, 0.3) is 0 Å². The minimum Gasteiger partial charge on any atom is -0.492 e. The molecule has 0 aromatic heterocycles. The molecule has 0 saturated carbocycles. The fourth-order valence-corrected chi connectivity index (χ4v) is 4.45. The van der Waals surface area contributed by atoms with Crippen molar-refractivity contribution in [3.05, 3.63) is 83.2 Å². The number of carboxylic acids is 1. The first-order chi connectivity index (χ1) is 15.0. The maximum absolute atomic E-state index is 13.6. The van der Waals surface area contributed by atoms with Gasteiger partial charge in [-0.25, -0.2) is 9.18 Å². The Morgan fingerprint density at radius 3 is 2.74 bits per heavy atom. The molecule has 3 aliphatic rings. The Labute approximate surface area is 178 Å². The summed E-state index contributed by atoms with van der Waals surface area (Å²) in [6.07, 6.45) is 5.48. The van der Waals surface area contributed by atoms with Crippen molar-refractivity contribution in [1.82, 2.24) is 0 Å². The normalized spacial score (nSPS) is 23.7. The fourth-order valence-electron chi connectivity index (χ4n) is 4.45. The van der Waals surface area contributed by atoms with E-state index in [9.17, 15) is 14.3 Å². The summed E-state index contributed by atoms with van der Waals surface area (Å²) < 4.78 is 19.6.